The number of ketones is 1. The number of rotatable bonds is 2. The van der Waals surface area contributed by atoms with Crippen LogP contribution < -0.4 is 10.6 Å². The Hall–Kier alpha value is -6.79. The van der Waals surface area contributed by atoms with Gasteiger partial charge in [0.15, 0.2) is 6.04 Å². The number of nitro benzene ring substituents is 2. The number of pyridine rings is 1. The van der Waals surface area contributed by atoms with Crippen molar-refractivity contribution in [3.8, 4) is 0 Å². The normalized spacial score (nSPS) is 17.0. The first kappa shape index (κ1) is 25.4. The van der Waals surface area contributed by atoms with Crippen molar-refractivity contribution in [2.75, 3.05) is 0 Å². The molecule has 11 rings (SSSR count). The highest BCUT2D eigenvalue weighted by atomic mass is 16.6. The summed E-state index contributed by atoms with van der Waals surface area (Å²) < 4.78 is 1.53. The minimum atomic E-state index is -0.637. The van der Waals surface area contributed by atoms with Gasteiger partial charge >= 0.3 is 0 Å². The number of quaternary nitrogens is 1. The van der Waals surface area contributed by atoms with Gasteiger partial charge in [0.05, 0.1) is 26.3 Å². The number of Topliss-reactive ketones (excluding diaryl/α,β-unsaturated/α-hetero) is 1. The maximum absolute atomic E-state index is 14.2. The summed E-state index contributed by atoms with van der Waals surface area (Å²) in [5, 5.41) is 31.8. The van der Waals surface area contributed by atoms with Crippen LogP contribution in [0.2, 0.25) is 0 Å². The van der Waals surface area contributed by atoms with Crippen molar-refractivity contribution in [1.29, 1.82) is 0 Å². The maximum atomic E-state index is 14.2. The molecule has 0 saturated heterocycles. The minimum Gasteiger partial charge on any atom is -0.481 e. The lowest BCUT2D eigenvalue weighted by Crippen LogP contribution is -3.03. The van der Waals surface area contributed by atoms with Crippen molar-refractivity contribution >= 4 is 99.1 Å². The summed E-state index contributed by atoms with van der Waals surface area (Å²) in [4.78, 5) is 54.9. The SMILES string of the molecule is O=C1c2ccc3c4ccc5c6c(ccc(c7ccc(c2c73)[NH+]2[N-]c3cc([N+](=O)[O-])ccc3C12)c46)c(=O)n1c2ccc([N+](=O)[O-])cc2nc51. The summed E-state index contributed by atoms with van der Waals surface area (Å²) in [6.45, 7) is 0. The monoisotopic (exact) mass is 628 g/mol. The summed E-state index contributed by atoms with van der Waals surface area (Å²) in [5.74, 6) is -0.0988. The van der Waals surface area contributed by atoms with Crippen LogP contribution in [0.4, 0.5) is 22.7 Å². The first-order chi connectivity index (χ1) is 23.3. The molecule has 2 aliphatic rings. The van der Waals surface area contributed by atoms with Gasteiger partial charge in [0, 0.05) is 63.0 Å². The number of fused-ring (bicyclic) bond motifs is 10. The van der Waals surface area contributed by atoms with Crippen LogP contribution in [0.1, 0.15) is 22.0 Å². The number of carbonyl (C=O) groups excluding carboxylic acids is 1. The molecule has 0 amide bonds. The molecule has 0 fully saturated rings. The molecule has 9 aromatic rings. The fraction of sp³-hybridized carbons (Fsp3) is 0.0278. The van der Waals surface area contributed by atoms with Gasteiger partial charge in [-0.3, -0.25) is 34.2 Å². The van der Waals surface area contributed by atoms with E-state index in [2.05, 4.69) is 0 Å². The highest BCUT2D eigenvalue weighted by molar-refractivity contribution is 6.39. The van der Waals surface area contributed by atoms with Gasteiger partial charge in [-0.1, -0.05) is 23.9 Å². The van der Waals surface area contributed by atoms with Gasteiger partial charge < -0.3 is 10.4 Å². The molecule has 4 heterocycles. The molecule has 48 heavy (non-hydrogen) atoms. The van der Waals surface area contributed by atoms with Crippen molar-refractivity contribution in [1.82, 2.24) is 9.38 Å². The van der Waals surface area contributed by atoms with Crippen LogP contribution in [-0.2, 0) is 0 Å². The lowest BCUT2D eigenvalue weighted by Gasteiger charge is -2.34. The molecular weight excluding hydrogens is 612 g/mol. The summed E-state index contributed by atoms with van der Waals surface area (Å²) in [5.41, 5.74) is 8.14. The number of benzene rings is 7. The molecule has 1 N–H and O–H groups in total. The van der Waals surface area contributed by atoms with Crippen LogP contribution in [0, 0.1) is 20.2 Å². The van der Waals surface area contributed by atoms with Crippen molar-refractivity contribution in [2.24, 2.45) is 0 Å². The van der Waals surface area contributed by atoms with E-state index in [-0.39, 0.29) is 22.7 Å². The number of nitro groups is 2. The summed E-state index contributed by atoms with van der Waals surface area (Å²) in [6, 6.07) is 23.7. The molecule has 2 atom stereocenters. The third-order valence-corrected chi connectivity index (χ3v) is 10.3. The fourth-order valence-corrected chi connectivity index (χ4v) is 8.33. The van der Waals surface area contributed by atoms with Crippen molar-refractivity contribution in [2.45, 2.75) is 6.04 Å². The topological polar surface area (TPSA) is 156 Å². The molecule has 0 spiro atoms. The molecule has 2 unspecified atom stereocenters. The smallest absolute Gasteiger partial charge is 0.271 e. The van der Waals surface area contributed by atoms with Gasteiger partial charge in [-0.05, 0) is 63.3 Å². The minimum absolute atomic E-state index is 0.0779. The van der Waals surface area contributed by atoms with Crippen LogP contribution in [0.3, 0.4) is 0 Å². The number of hydrogen-bond acceptors (Lipinski definition) is 7. The number of non-ortho nitro benzene ring substituents is 2. The molecule has 0 bridgehead atoms. The molecule has 12 nitrogen and oxygen atoms in total. The lowest BCUT2D eigenvalue weighted by molar-refractivity contribution is -0.805. The molecule has 0 saturated carbocycles. The highest BCUT2D eigenvalue weighted by Crippen LogP contribution is 2.49. The average molecular weight is 629 g/mol. The van der Waals surface area contributed by atoms with Gasteiger partial charge in [0.2, 0.25) is 5.78 Å². The predicted molar refractivity (Wildman–Crippen MR) is 179 cm³/mol. The summed E-state index contributed by atoms with van der Waals surface area (Å²) >= 11 is 0. The predicted octanol–water partition coefficient (Wildman–Crippen LogP) is 6.69. The Balaban J connectivity index is 1.22. The molecule has 2 aliphatic heterocycles. The number of nitrogens with one attached hydrogen (secondary N) is 1. The van der Waals surface area contributed by atoms with E-state index in [9.17, 15) is 29.8 Å². The highest BCUT2D eigenvalue weighted by Gasteiger charge is 2.42. The van der Waals surface area contributed by atoms with Crippen molar-refractivity contribution < 1.29 is 19.7 Å². The number of hydrogen-bond donors (Lipinski definition) is 1. The lowest BCUT2D eigenvalue weighted by atomic mass is 9.83. The second-order valence-corrected chi connectivity index (χ2v) is 12.4. The van der Waals surface area contributed by atoms with Crippen molar-refractivity contribution in [3.05, 3.63) is 132 Å². The third kappa shape index (κ3) is 2.79. The van der Waals surface area contributed by atoms with E-state index in [0.717, 1.165) is 54.2 Å². The van der Waals surface area contributed by atoms with Gasteiger partial charge in [-0.15, -0.1) is 0 Å². The van der Waals surface area contributed by atoms with E-state index >= 15 is 0 Å². The number of nitrogens with zero attached hydrogens (tertiary/aromatic N) is 5. The van der Waals surface area contributed by atoms with E-state index in [0.29, 0.717) is 43.9 Å². The number of imidazole rings is 1. The first-order valence-electron chi connectivity index (χ1n) is 15.1. The van der Waals surface area contributed by atoms with E-state index in [1.165, 1.54) is 28.7 Å². The molecular formula is C36H16N6O6. The van der Waals surface area contributed by atoms with Crippen LogP contribution in [0.15, 0.2) is 89.7 Å². The van der Waals surface area contributed by atoms with E-state index in [1.807, 2.05) is 48.5 Å². The van der Waals surface area contributed by atoms with E-state index < -0.39 is 15.9 Å². The zero-order valence-electron chi connectivity index (χ0n) is 24.3. The standard InChI is InChI=1S/C36H16N6O6/c43-34-22-7-4-19-17-5-8-23-31-24(36(44)39-27-11-2-16(42(47)48)14-26(27)37-35(23)39)9-6-18(29(17)31)20-10-12-28(32(22)30(19)20)40-33(34)21-3-1-15(41(45)46)13-25(21)38-40/h1-14,33,40H. The average Bonchev–Trinajstić information content (AvgIpc) is 3.67. The Morgan fingerprint density at radius 1 is 0.688 bits per heavy atom. The van der Waals surface area contributed by atoms with Crippen LogP contribution in [0.5, 0.6) is 0 Å². The zero-order chi connectivity index (χ0) is 32.3. The fourth-order valence-electron chi connectivity index (χ4n) is 8.33. The first-order valence-corrected chi connectivity index (χ1v) is 15.1. The summed E-state index contributed by atoms with van der Waals surface area (Å²) in [6.07, 6.45) is 0. The van der Waals surface area contributed by atoms with Crippen LogP contribution in [0.25, 0.3) is 76.0 Å². The van der Waals surface area contributed by atoms with Gasteiger partial charge in [-0.2, -0.15) is 0 Å². The van der Waals surface area contributed by atoms with Gasteiger partial charge in [0.25, 0.3) is 16.9 Å². The molecule has 0 aliphatic carbocycles. The molecule has 7 aromatic carbocycles. The van der Waals surface area contributed by atoms with E-state index in [1.54, 1.807) is 12.1 Å². The van der Waals surface area contributed by atoms with Gasteiger partial charge in [0.1, 0.15) is 11.3 Å². The van der Waals surface area contributed by atoms with Crippen molar-refractivity contribution in [3.63, 3.8) is 0 Å². The largest absolute Gasteiger partial charge is 0.481 e. The third-order valence-electron chi connectivity index (χ3n) is 10.3. The Kier molecular flexibility index (Phi) is 4.30. The van der Waals surface area contributed by atoms with Crippen LogP contribution in [-0.4, -0.2) is 25.0 Å². The quantitative estimate of drug-likeness (QED) is 0.0967. The van der Waals surface area contributed by atoms with Crippen LogP contribution >= 0.6 is 0 Å². The van der Waals surface area contributed by atoms with Gasteiger partial charge in [-0.25, -0.2) is 4.98 Å². The second kappa shape index (κ2) is 8.13. The Bertz CT molecular complexity index is 3100. The molecule has 12 heteroatoms. The number of aromatic nitrogens is 2. The Morgan fingerprint density at radius 2 is 1.29 bits per heavy atom. The molecule has 2 aromatic heterocycles. The van der Waals surface area contributed by atoms with E-state index in [4.69, 9.17) is 10.4 Å². The Labute approximate surface area is 266 Å². The molecule has 226 valence electrons. The Morgan fingerprint density at radius 3 is 2.04 bits per heavy atom. The zero-order valence-corrected chi connectivity index (χ0v) is 24.3. The molecule has 0 radical (unpaired) electrons. The second-order valence-electron chi connectivity index (χ2n) is 12.4. The maximum Gasteiger partial charge on any atom is 0.271 e. The number of carbonyl (C=O) groups is 1. The summed E-state index contributed by atoms with van der Waals surface area (Å²) in [7, 11) is 0.